The molecule has 9 heteroatoms. The van der Waals surface area contributed by atoms with Crippen LogP contribution in [-0.4, -0.2) is 50.2 Å². The maximum absolute atomic E-state index is 12.6. The molecule has 164 valence electrons. The molecule has 0 radical (unpaired) electrons. The zero-order chi connectivity index (χ0) is 21.4. The van der Waals surface area contributed by atoms with E-state index in [1.165, 1.54) is 0 Å². The Kier molecular flexibility index (Phi) is 5.60. The zero-order valence-electron chi connectivity index (χ0n) is 17.6. The molecule has 4 N–H and O–H groups in total. The van der Waals surface area contributed by atoms with Crippen LogP contribution in [0.5, 0.6) is 0 Å². The topological polar surface area (TPSA) is 112 Å². The van der Waals surface area contributed by atoms with Crippen LogP contribution >= 0.6 is 11.8 Å². The third kappa shape index (κ3) is 4.56. The summed E-state index contributed by atoms with van der Waals surface area (Å²) in [7, 11) is 0. The van der Waals surface area contributed by atoms with Gasteiger partial charge in [0.25, 0.3) is 0 Å². The SMILES string of the molecule is Cc1ccc(NC(=O)CCCC[C@H]2SC[C@H]3NC(=O)N[C@@H]32)c(-c2n[nH]c(C3CC3)n2)c1. The van der Waals surface area contributed by atoms with Crippen molar-refractivity contribution in [3.63, 3.8) is 0 Å². The van der Waals surface area contributed by atoms with Gasteiger partial charge in [0, 0.05) is 28.9 Å². The first kappa shape index (κ1) is 20.4. The fourth-order valence-corrected chi connectivity index (χ4v) is 5.92. The van der Waals surface area contributed by atoms with Crippen molar-refractivity contribution in [1.82, 2.24) is 25.8 Å². The van der Waals surface area contributed by atoms with E-state index in [1.807, 2.05) is 36.9 Å². The Morgan fingerprint density at radius 1 is 1.26 bits per heavy atom. The van der Waals surface area contributed by atoms with Crippen molar-refractivity contribution in [3.05, 3.63) is 29.6 Å². The third-order valence-corrected chi connectivity index (χ3v) is 7.75. The number of aromatic amines is 1. The number of amides is 3. The lowest BCUT2D eigenvalue weighted by Gasteiger charge is -2.16. The number of hydrogen-bond donors (Lipinski definition) is 4. The fourth-order valence-electron chi connectivity index (χ4n) is 4.37. The highest BCUT2D eigenvalue weighted by molar-refractivity contribution is 8.00. The van der Waals surface area contributed by atoms with Crippen LogP contribution in [0.1, 0.15) is 55.8 Å². The Morgan fingerprint density at radius 2 is 2.13 bits per heavy atom. The average molecular weight is 441 g/mol. The first-order chi connectivity index (χ1) is 15.1. The van der Waals surface area contributed by atoms with Crippen molar-refractivity contribution in [2.45, 2.75) is 68.7 Å². The molecule has 3 atom stereocenters. The van der Waals surface area contributed by atoms with Gasteiger partial charge in [-0.15, -0.1) is 0 Å². The van der Waals surface area contributed by atoms with Crippen LogP contribution in [0.2, 0.25) is 0 Å². The number of fused-ring (bicyclic) bond motifs is 1. The van der Waals surface area contributed by atoms with Crippen LogP contribution in [0.3, 0.4) is 0 Å². The molecule has 2 saturated heterocycles. The molecule has 2 aromatic rings. The van der Waals surface area contributed by atoms with Crippen molar-refractivity contribution in [1.29, 1.82) is 0 Å². The summed E-state index contributed by atoms with van der Waals surface area (Å²) in [4.78, 5) is 28.7. The zero-order valence-corrected chi connectivity index (χ0v) is 18.4. The summed E-state index contributed by atoms with van der Waals surface area (Å²) in [6.07, 6.45) is 5.61. The van der Waals surface area contributed by atoms with Crippen molar-refractivity contribution in [3.8, 4) is 11.4 Å². The number of anilines is 1. The quantitative estimate of drug-likeness (QED) is 0.372. The second-order valence-corrected chi connectivity index (χ2v) is 10.1. The number of urea groups is 1. The largest absolute Gasteiger partial charge is 0.332 e. The number of benzene rings is 1. The summed E-state index contributed by atoms with van der Waals surface area (Å²) in [6.45, 7) is 2.03. The van der Waals surface area contributed by atoms with Gasteiger partial charge < -0.3 is 16.0 Å². The summed E-state index contributed by atoms with van der Waals surface area (Å²) < 4.78 is 0. The molecule has 1 aliphatic carbocycles. The number of rotatable bonds is 8. The maximum Gasteiger partial charge on any atom is 0.315 e. The van der Waals surface area contributed by atoms with Crippen molar-refractivity contribution < 1.29 is 9.59 Å². The summed E-state index contributed by atoms with van der Waals surface area (Å²) in [5.41, 5.74) is 2.71. The van der Waals surface area contributed by atoms with Crippen LogP contribution in [0, 0.1) is 6.92 Å². The summed E-state index contributed by atoms with van der Waals surface area (Å²) >= 11 is 1.91. The highest BCUT2D eigenvalue weighted by atomic mass is 32.2. The molecule has 8 nitrogen and oxygen atoms in total. The van der Waals surface area contributed by atoms with Gasteiger partial charge in [0.2, 0.25) is 5.91 Å². The molecular weight excluding hydrogens is 412 g/mol. The number of thioether (sulfide) groups is 1. The van der Waals surface area contributed by atoms with E-state index in [1.54, 1.807) is 0 Å². The average Bonchev–Trinajstić information content (AvgIpc) is 3.18. The first-order valence-electron chi connectivity index (χ1n) is 11.1. The standard InChI is InChI=1S/C22H28N6O2S/c1-12-6-9-15(14(10-12)21-26-20(27-28-21)13-7-8-13)23-18(29)5-3-2-4-17-19-16(11-31-17)24-22(30)25-19/h6,9-10,13,16-17,19H,2-5,7-8,11H2,1H3,(H,23,29)(H2,24,25,30)(H,26,27,28)/t16-,17-,19+/m1/s1. The molecule has 1 saturated carbocycles. The molecule has 3 aliphatic rings. The van der Waals surface area contributed by atoms with Crippen LogP contribution in [0.25, 0.3) is 11.4 Å². The number of aryl methyl sites for hydroxylation is 1. The minimum Gasteiger partial charge on any atom is -0.332 e. The molecule has 3 heterocycles. The molecule has 0 bridgehead atoms. The van der Waals surface area contributed by atoms with Gasteiger partial charge in [0.15, 0.2) is 5.82 Å². The van der Waals surface area contributed by atoms with Gasteiger partial charge in [-0.05, 0) is 44.7 Å². The Balaban J connectivity index is 1.14. The predicted octanol–water partition coefficient (Wildman–Crippen LogP) is 3.32. The van der Waals surface area contributed by atoms with E-state index in [-0.39, 0.29) is 24.0 Å². The lowest BCUT2D eigenvalue weighted by atomic mass is 10.0. The Bertz CT molecular complexity index is 988. The lowest BCUT2D eigenvalue weighted by molar-refractivity contribution is -0.116. The predicted molar refractivity (Wildman–Crippen MR) is 121 cm³/mol. The molecule has 5 rings (SSSR count). The minimum atomic E-state index is -0.0516. The van der Waals surface area contributed by atoms with Crippen LogP contribution < -0.4 is 16.0 Å². The Hall–Kier alpha value is -2.55. The molecule has 3 fully saturated rings. The Morgan fingerprint density at radius 3 is 2.97 bits per heavy atom. The summed E-state index contributed by atoms with van der Waals surface area (Å²) in [6, 6.07) is 6.37. The van der Waals surface area contributed by atoms with Crippen LogP contribution in [0.15, 0.2) is 18.2 Å². The first-order valence-corrected chi connectivity index (χ1v) is 12.1. The number of hydrogen-bond acceptors (Lipinski definition) is 5. The number of H-pyrrole nitrogens is 1. The lowest BCUT2D eigenvalue weighted by Crippen LogP contribution is -2.36. The van der Waals surface area contributed by atoms with E-state index < -0.39 is 0 Å². The van der Waals surface area contributed by atoms with E-state index >= 15 is 0 Å². The van der Waals surface area contributed by atoms with Gasteiger partial charge in [0.1, 0.15) is 5.82 Å². The van der Waals surface area contributed by atoms with E-state index in [0.717, 1.165) is 60.5 Å². The van der Waals surface area contributed by atoms with Gasteiger partial charge in [-0.25, -0.2) is 9.78 Å². The normalized spacial score (nSPS) is 24.5. The van der Waals surface area contributed by atoms with E-state index in [4.69, 9.17) is 0 Å². The highest BCUT2D eigenvalue weighted by Gasteiger charge is 2.42. The second-order valence-electron chi connectivity index (χ2n) is 8.78. The molecular formula is C22H28N6O2S. The van der Waals surface area contributed by atoms with Crippen molar-refractivity contribution >= 4 is 29.4 Å². The smallest absolute Gasteiger partial charge is 0.315 e. The van der Waals surface area contributed by atoms with Crippen molar-refractivity contribution in [2.75, 3.05) is 11.1 Å². The van der Waals surface area contributed by atoms with Crippen LogP contribution in [0.4, 0.5) is 10.5 Å². The van der Waals surface area contributed by atoms with Gasteiger partial charge >= 0.3 is 6.03 Å². The molecule has 3 amide bonds. The van der Waals surface area contributed by atoms with Crippen molar-refractivity contribution in [2.24, 2.45) is 0 Å². The fraction of sp³-hybridized carbons (Fsp3) is 0.545. The molecule has 0 spiro atoms. The second kappa shape index (κ2) is 8.53. The number of nitrogens with one attached hydrogen (secondary N) is 4. The summed E-state index contributed by atoms with van der Waals surface area (Å²) in [5, 5.41) is 16.9. The number of carbonyl (C=O) groups excluding carboxylic acids is 2. The van der Waals surface area contributed by atoms with Gasteiger partial charge in [-0.1, -0.05) is 18.1 Å². The number of aromatic nitrogens is 3. The van der Waals surface area contributed by atoms with Gasteiger partial charge in [-0.2, -0.15) is 16.9 Å². The van der Waals surface area contributed by atoms with Gasteiger partial charge in [0.05, 0.1) is 17.8 Å². The molecule has 31 heavy (non-hydrogen) atoms. The molecule has 1 aromatic carbocycles. The molecule has 1 aromatic heterocycles. The Labute approximate surface area is 185 Å². The van der Waals surface area contributed by atoms with E-state index in [2.05, 4.69) is 31.1 Å². The highest BCUT2D eigenvalue weighted by Crippen LogP contribution is 2.39. The molecule has 0 unspecified atom stereocenters. The minimum absolute atomic E-state index is 0.0100. The van der Waals surface area contributed by atoms with Gasteiger partial charge in [-0.3, -0.25) is 9.89 Å². The molecule has 2 aliphatic heterocycles. The number of unbranched alkanes of at least 4 members (excludes halogenated alkanes) is 1. The number of carbonyl (C=O) groups is 2. The van der Waals surface area contributed by atoms with Crippen LogP contribution in [-0.2, 0) is 4.79 Å². The number of nitrogens with zero attached hydrogens (tertiary/aromatic N) is 2. The monoisotopic (exact) mass is 440 g/mol. The van der Waals surface area contributed by atoms with E-state index in [9.17, 15) is 9.59 Å². The van der Waals surface area contributed by atoms with E-state index in [0.29, 0.717) is 23.4 Å². The maximum atomic E-state index is 12.6. The third-order valence-electron chi connectivity index (χ3n) is 6.24. The summed E-state index contributed by atoms with van der Waals surface area (Å²) in [5.74, 6) is 3.06.